The summed E-state index contributed by atoms with van der Waals surface area (Å²) in [6.07, 6.45) is 0. The molecule has 0 unspecified atom stereocenters. The molecule has 0 aromatic rings. The van der Waals surface area contributed by atoms with Gasteiger partial charge < -0.3 is 41.9 Å². The van der Waals surface area contributed by atoms with Crippen molar-refractivity contribution < 1.29 is 58.9 Å². The number of rotatable bonds is 2. The minimum absolute atomic E-state index is 0. The van der Waals surface area contributed by atoms with Crippen molar-refractivity contribution in [2.24, 2.45) is 0 Å². The van der Waals surface area contributed by atoms with Gasteiger partial charge in [-0.25, -0.2) is 0 Å². The van der Waals surface area contributed by atoms with E-state index < -0.39 is 16.5 Å². The Balaban J connectivity index is -0.0000000533. The van der Waals surface area contributed by atoms with E-state index in [2.05, 4.69) is 39.3 Å². The van der Waals surface area contributed by atoms with E-state index in [-0.39, 0.29) is 58.9 Å². The molecule has 0 saturated heterocycles. The van der Waals surface area contributed by atoms with Gasteiger partial charge in [0.25, 0.3) is 0 Å². The molecule has 0 aliphatic rings. The molecule has 13 heavy (non-hydrogen) atoms. The monoisotopic (exact) mass is 313 g/mol. The summed E-state index contributed by atoms with van der Waals surface area (Å²) in [6, 6.07) is 0. The molecule has 0 aromatic heterocycles. The van der Waals surface area contributed by atoms with Gasteiger partial charge in [-0.3, -0.25) is 0 Å². The van der Waals surface area contributed by atoms with Crippen LogP contribution in [0.25, 0.3) is 4.65 Å². The van der Waals surface area contributed by atoms with Gasteiger partial charge in [-0.2, -0.15) is 0 Å². The van der Waals surface area contributed by atoms with E-state index in [0.29, 0.717) is 0 Å². The molecule has 0 aromatic carbocycles. The second-order valence-electron chi connectivity index (χ2n) is 4.45. The number of hydrogen-bond donors (Lipinski definition) is 0. The quantitative estimate of drug-likeness (QED) is 0.451. The van der Waals surface area contributed by atoms with Crippen LogP contribution in [0.3, 0.4) is 0 Å². The molecule has 0 rings (SSSR count). The molecular formula is C6H18Cl3NSi2Ti. The Morgan fingerprint density at radius 1 is 0.615 bits per heavy atom. The molecule has 0 atom stereocenters. The van der Waals surface area contributed by atoms with Crippen LogP contribution in [0, 0.1) is 0 Å². The van der Waals surface area contributed by atoms with Crippen LogP contribution in [-0.2, 0) is 21.7 Å². The van der Waals surface area contributed by atoms with Crippen LogP contribution >= 0.6 is 0 Å². The zero-order valence-corrected chi connectivity index (χ0v) is 14.9. The first kappa shape index (κ1) is 29.4. The van der Waals surface area contributed by atoms with Crippen LogP contribution in [0.5, 0.6) is 0 Å². The van der Waals surface area contributed by atoms with Crippen molar-refractivity contribution in [3.05, 3.63) is 4.65 Å². The molecule has 0 spiro atoms. The third-order valence-corrected chi connectivity index (χ3v) is 6.04. The first-order valence-corrected chi connectivity index (χ1v) is 10.3. The smallest absolute Gasteiger partial charge is 1.00 e. The summed E-state index contributed by atoms with van der Waals surface area (Å²) < 4.78 is 4.82. The molecule has 1 nitrogen and oxygen atoms in total. The topological polar surface area (TPSA) is 14.1 Å². The van der Waals surface area contributed by atoms with Crippen LogP contribution in [0.15, 0.2) is 0 Å². The fraction of sp³-hybridized carbons (Fsp3) is 1.00. The molecular weight excluding hydrogens is 296 g/mol. The number of hydrogen-bond acceptors (Lipinski definition) is 0. The van der Waals surface area contributed by atoms with Crippen molar-refractivity contribution in [3.63, 3.8) is 0 Å². The second kappa shape index (κ2) is 10.5. The molecule has 0 saturated carbocycles. The summed E-state index contributed by atoms with van der Waals surface area (Å²) in [7, 11) is -2.21. The molecule has 0 fully saturated rings. The Morgan fingerprint density at radius 3 is 0.769 bits per heavy atom. The molecule has 0 aliphatic heterocycles. The first-order valence-electron chi connectivity index (χ1n) is 3.45. The zero-order chi connectivity index (χ0) is 7.71. The average molecular weight is 315 g/mol. The normalized spacial score (nSPS) is 9.69. The molecule has 0 N–H and O–H groups in total. The van der Waals surface area contributed by atoms with Gasteiger partial charge in [-0.15, -0.1) is 0 Å². The second-order valence-corrected chi connectivity index (χ2v) is 14.0. The van der Waals surface area contributed by atoms with Gasteiger partial charge in [0.2, 0.25) is 0 Å². The Morgan fingerprint density at radius 2 is 0.769 bits per heavy atom. The Bertz CT molecular complexity index is 91.0. The van der Waals surface area contributed by atoms with E-state index in [0.717, 1.165) is 0 Å². The number of nitrogens with zero attached hydrogens (tertiary/aromatic N) is 1. The maximum Gasteiger partial charge on any atom is 4.00 e. The summed E-state index contributed by atoms with van der Waals surface area (Å²) in [4.78, 5) is 0. The van der Waals surface area contributed by atoms with Gasteiger partial charge in [0.05, 0.1) is 0 Å². The van der Waals surface area contributed by atoms with Gasteiger partial charge in [-0.1, -0.05) is 55.8 Å². The molecule has 7 heteroatoms. The van der Waals surface area contributed by atoms with Crippen LogP contribution in [0.4, 0.5) is 0 Å². The zero-order valence-electron chi connectivity index (χ0n) is 9.08. The van der Waals surface area contributed by atoms with Crippen LogP contribution in [0.2, 0.25) is 39.3 Å². The van der Waals surface area contributed by atoms with E-state index >= 15 is 0 Å². The van der Waals surface area contributed by atoms with E-state index in [4.69, 9.17) is 4.65 Å². The van der Waals surface area contributed by atoms with Gasteiger partial charge in [-0.05, 0) is 0 Å². The van der Waals surface area contributed by atoms with Crippen molar-refractivity contribution in [2.75, 3.05) is 0 Å². The standard InChI is InChI=1S/C6H18NSi2.3ClH.Ti/c1-8(2,3)7-9(4,5)6;;;;/h1-6H3;3*1H;/q-1;;;;+4/p-3. The summed E-state index contributed by atoms with van der Waals surface area (Å²) in [5.41, 5.74) is 0. The maximum atomic E-state index is 4.82. The van der Waals surface area contributed by atoms with Crippen LogP contribution < -0.4 is 37.2 Å². The van der Waals surface area contributed by atoms with Gasteiger partial charge in [0, 0.05) is 0 Å². The minimum atomic E-state index is -1.11. The van der Waals surface area contributed by atoms with Gasteiger partial charge in [0.1, 0.15) is 0 Å². The van der Waals surface area contributed by atoms with Crippen molar-refractivity contribution in [3.8, 4) is 0 Å². The van der Waals surface area contributed by atoms with Crippen LogP contribution in [-0.4, -0.2) is 16.5 Å². The molecule has 0 radical (unpaired) electrons. The van der Waals surface area contributed by atoms with Gasteiger partial charge in [0.15, 0.2) is 0 Å². The van der Waals surface area contributed by atoms with Crippen molar-refractivity contribution >= 4 is 16.5 Å². The molecule has 80 valence electrons. The first-order chi connectivity index (χ1) is 3.71. The molecule has 0 bridgehead atoms. The SMILES string of the molecule is C[Si](C)(C)[N-][Si](C)(C)C.[Cl-].[Cl-].[Cl-].[Ti+4]. The predicted molar refractivity (Wildman–Crippen MR) is 50.1 cm³/mol. The van der Waals surface area contributed by atoms with E-state index in [1.54, 1.807) is 0 Å². The molecule has 0 amide bonds. The predicted octanol–water partition coefficient (Wildman–Crippen LogP) is -5.96. The fourth-order valence-electron chi connectivity index (χ4n) is 1.01. The van der Waals surface area contributed by atoms with E-state index in [1.807, 2.05) is 0 Å². The summed E-state index contributed by atoms with van der Waals surface area (Å²) in [5, 5.41) is 0. The summed E-state index contributed by atoms with van der Waals surface area (Å²) >= 11 is 0. The van der Waals surface area contributed by atoms with Crippen LogP contribution in [0.1, 0.15) is 0 Å². The van der Waals surface area contributed by atoms with Crippen molar-refractivity contribution in [1.82, 2.24) is 0 Å². The summed E-state index contributed by atoms with van der Waals surface area (Å²) in [5.74, 6) is 0. The largest absolute Gasteiger partial charge is 4.00 e. The third-order valence-electron chi connectivity index (χ3n) is 0.671. The van der Waals surface area contributed by atoms with Crippen molar-refractivity contribution in [1.29, 1.82) is 0 Å². The summed E-state index contributed by atoms with van der Waals surface area (Å²) in [6.45, 7) is 13.8. The Hall–Kier alpha value is 1.98. The molecule has 0 heterocycles. The number of halogens is 3. The Labute approximate surface area is 119 Å². The fourth-order valence-corrected chi connectivity index (χ4v) is 9.06. The van der Waals surface area contributed by atoms with E-state index in [1.165, 1.54) is 0 Å². The Kier molecular flexibility index (Phi) is 23.7. The minimum Gasteiger partial charge on any atom is -1.00 e. The molecule has 0 aliphatic carbocycles. The average Bonchev–Trinajstić information content (AvgIpc) is 1.14. The maximum absolute atomic E-state index is 4.82. The van der Waals surface area contributed by atoms with E-state index in [9.17, 15) is 0 Å². The third kappa shape index (κ3) is 31.5. The van der Waals surface area contributed by atoms with Crippen molar-refractivity contribution in [2.45, 2.75) is 39.3 Å². The van der Waals surface area contributed by atoms with Gasteiger partial charge >= 0.3 is 21.7 Å².